The van der Waals surface area contributed by atoms with Gasteiger partial charge >= 0.3 is 0 Å². The fourth-order valence-corrected chi connectivity index (χ4v) is 2.94. The van der Waals surface area contributed by atoms with Gasteiger partial charge in [0.25, 0.3) is 5.91 Å². The number of amides is 2. The lowest BCUT2D eigenvalue weighted by Gasteiger charge is -2.24. The molecule has 1 aliphatic rings. The summed E-state index contributed by atoms with van der Waals surface area (Å²) in [6.07, 6.45) is 4.43. The average Bonchev–Trinajstić information content (AvgIpc) is 2.97. The molecule has 4 heteroatoms. The number of nitrogens with one attached hydrogen (secondary N) is 2. The van der Waals surface area contributed by atoms with E-state index in [-0.39, 0.29) is 23.8 Å². The van der Waals surface area contributed by atoms with Gasteiger partial charge in [-0.05, 0) is 37.3 Å². The predicted octanol–water partition coefficient (Wildman–Crippen LogP) is 2.81. The van der Waals surface area contributed by atoms with E-state index < -0.39 is 6.04 Å². The Bertz CT molecular complexity index is 534. The van der Waals surface area contributed by atoms with Crippen molar-refractivity contribution in [1.82, 2.24) is 10.6 Å². The van der Waals surface area contributed by atoms with Crippen LogP contribution < -0.4 is 10.6 Å². The van der Waals surface area contributed by atoms with E-state index in [0.717, 1.165) is 18.4 Å². The van der Waals surface area contributed by atoms with Gasteiger partial charge in [0, 0.05) is 11.6 Å². The van der Waals surface area contributed by atoms with Crippen LogP contribution in [0, 0.1) is 12.8 Å². The van der Waals surface area contributed by atoms with Gasteiger partial charge in [0.2, 0.25) is 5.91 Å². The summed E-state index contributed by atoms with van der Waals surface area (Å²) in [7, 11) is 0. The smallest absolute Gasteiger partial charge is 0.252 e. The molecule has 1 saturated carbocycles. The molecule has 1 fully saturated rings. The molecule has 1 atom stereocenters. The number of aryl methyl sites for hydroxylation is 1. The molecule has 0 saturated heterocycles. The fraction of sp³-hybridized carbons (Fsp3) is 0.556. The van der Waals surface area contributed by atoms with E-state index in [0.29, 0.717) is 5.56 Å². The molecule has 1 aromatic carbocycles. The van der Waals surface area contributed by atoms with Crippen LogP contribution in [0.3, 0.4) is 0 Å². The molecule has 0 heterocycles. The third-order valence-corrected chi connectivity index (χ3v) is 4.33. The largest absolute Gasteiger partial charge is 0.352 e. The zero-order valence-electron chi connectivity index (χ0n) is 13.7. The molecule has 0 radical (unpaired) electrons. The Kier molecular flexibility index (Phi) is 5.58. The lowest BCUT2D eigenvalue weighted by Crippen LogP contribution is -2.51. The van der Waals surface area contributed by atoms with Crippen molar-refractivity contribution in [3.8, 4) is 0 Å². The summed E-state index contributed by atoms with van der Waals surface area (Å²) in [5.74, 6) is -0.198. The lowest BCUT2D eigenvalue weighted by atomic mass is 10.0. The van der Waals surface area contributed by atoms with E-state index in [4.69, 9.17) is 0 Å². The molecule has 22 heavy (non-hydrogen) atoms. The summed E-state index contributed by atoms with van der Waals surface area (Å²) in [5, 5.41) is 5.97. The van der Waals surface area contributed by atoms with Gasteiger partial charge < -0.3 is 10.6 Å². The van der Waals surface area contributed by atoms with Crippen LogP contribution in [0.2, 0.25) is 0 Å². The molecule has 2 N–H and O–H groups in total. The van der Waals surface area contributed by atoms with E-state index in [9.17, 15) is 9.59 Å². The molecule has 1 aliphatic carbocycles. The Morgan fingerprint density at radius 1 is 1.14 bits per heavy atom. The third-order valence-electron chi connectivity index (χ3n) is 4.33. The zero-order chi connectivity index (χ0) is 16.1. The van der Waals surface area contributed by atoms with Crippen molar-refractivity contribution < 1.29 is 9.59 Å². The number of hydrogen-bond donors (Lipinski definition) is 2. The summed E-state index contributed by atoms with van der Waals surface area (Å²) >= 11 is 0. The Morgan fingerprint density at radius 2 is 1.77 bits per heavy atom. The molecule has 1 aromatic rings. The number of benzene rings is 1. The number of carbonyl (C=O) groups is 2. The monoisotopic (exact) mass is 302 g/mol. The van der Waals surface area contributed by atoms with E-state index >= 15 is 0 Å². The highest BCUT2D eigenvalue weighted by molar-refractivity contribution is 5.98. The van der Waals surface area contributed by atoms with Crippen molar-refractivity contribution in [2.75, 3.05) is 0 Å². The molecular formula is C18H26N2O2. The minimum atomic E-state index is -0.493. The first-order valence-corrected chi connectivity index (χ1v) is 8.16. The average molecular weight is 302 g/mol. The highest BCUT2D eigenvalue weighted by Crippen LogP contribution is 2.18. The fourth-order valence-electron chi connectivity index (χ4n) is 2.94. The quantitative estimate of drug-likeness (QED) is 0.878. The predicted molar refractivity (Wildman–Crippen MR) is 87.7 cm³/mol. The van der Waals surface area contributed by atoms with Crippen LogP contribution >= 0.6 is 0 Å². The molecule has 1 unspecified atom stereocenters. The summed E-state index contributed by atoms with van der Waals surface area (Å²) in [6.45, 7) is 5.81. The second-order valence-electron chi connectivity index (χ2n) is 6.50. The van der Waals surface area contributed by atoms with E-state index in [1.54, 1.807) is 6.07 Å². The summed E-state index contributed by atoms with van der Waals surface area (Å²) in [6, 6.07) is 7.20. The van der Waals surface area contributed by atoms with Crippen molar-refractivity contribution >= 4 is 11.8 Å². The van der Waals surface area contributed by atoms with Crippen LogP contribution in [0.4, 0.5) is 0 Å². The van der Waals surface area contributed by atoms with Gasteiger partial charge in [-0.2, -0.15) is 0 Å². The van der Waals surface area contributed by atoms with Gasteiger partial charge in [-0.15, -0.1) is 0 Å². The van der Waals surface area contributed by atoms with Crippen LogP contribution in [0.1, 0.15) is 55.5 Å². The number of hydrogen-bond acceptors (Lipinski definition) is 2. The number of carbonyl (C=O) groups excluding carboxylic acids is 2. The highest BCUT2D eigenvalue weighted by Gasteiger charge is 2.27. The van der Waals surface area contributed by atoms with Crippen molar-refractivity contribution in [1.29, 1.82) is 0 Å². The second kappa shape index (κ2) is 7.43. The molecule has 2 rings (SSSR count). The highest BCUT2D eigenvalue weighted by atomic mass is 16.2. The summed E-state index contributed by atoms with van der Waals surface area (Å²) < 4.78 is 0. The zero-order valence-corrected chi connectivity index (χ0v) is 13.7. The van der Waals surface area contributed by atoms with Crippen LogP contribution in [0.5, 0.6) is 0 Å². The molecule has 0 bridgehead atoms. The third kappa shape index (κ3) is 4.09. The topological polar surface area (TPSA) is 58.2 Å². The first-order valence-electron chi connectivity index (χ1n) is 8.16. The molecule has 2 amide bonds. The van der Waals surface area contributed by atoms with Gasteiger partial charge in [0.15, 0.2) is 0 Å². The van der Waals surface area contributed by atoms with Gasteiger partial charge in [0.05, 0.1) is 0 Å². The van der Waals surface area contributed by atoms with E-state index in [1.165, 1.54) is 12.8 Å². The molecule has 0 aliphatic heterocycles. The van der Waals surface area contributed by atoms with Crippen molar-refractivity contribution in [3.63, 3.8) is 0 Å². The maximum absolute atomic E-state index is 12.5. The Hall–Kier alpha value is -1.84. The van der Waals surface area contributed by atoms with Gasteiger partial charge in [-0.1, -0.05) is 44.9 Å². The van der Waals surface area contributed by atoms with Crippen molar-refractivity contribution in [2.45, 2.75) is 58.5 Å². The standard InChI is InChI=1S/C18H26N2O2/c1-12(2)16(18(22)19-14-9-5-6-10-14)20-17(21)15-11-7-4-8-13(15)3/h4,7-8,11-12,14,16H,5-6,9-10H2,1-3H3,(H,19,22)(H,20,21). The molecule has 0 aromatic heterocycles. The molecule has 0 spiro atoms. The SMILES string of the molecule is Cc1ccccc1C(=O)NC(C(=O)NC1CCCC1)C(C)C. The van der Waals surface area contributed by atoms with Crippen LogP contribution in [0.25, 0.3) is 0 Å². The van der Waals surface area contributed by atoms with Gasteiger partial charge in [0.1, 0.15) is 6.04 Å². The van der Waals surface area contributed by atoms with Crippen LogP contribution in [-0.2, 0) is 4.79 Å². The van der Waals surface area contributed by atoms with E-state index in [1.807, 2.05) is 39.0 Å². The van der Waals surface area contributed by atoms with Gasteiger partial charge in [-0.3, -0.25) is 9.59 Å². The normalized spacial score (nSPS) is 16.5. The first-order chi connectivity index (χ1) is 10.5. The molecular weight excluding hydrogens is 276 g/mol. The maximum atomic E-state index is 12.5. The van der Waals surface area contributed by atoms with Crippen LogP contribution in [0.15, 0.2) is 24.3 Å². The second-order valence-corrected chi connectivity index (χ2v) is 6.50. The van der Waals surface area contributed by atoms with Crippen molar-refractivity contribution in [2.24, 2.45) is 5.92 Å². The number of rotatable bonds is 5. The van der Waals surface area contributed by atoms with Gasteiger partial charge in [-0.25, -0.2) is 0 Å². The minimum Gasteiger partial charge on any atom is -0.352 e. The van der Waals surface area contributed by atoms with Crippen LogP contribution in [-0.4, -0.2) is 23.9 Å². The maximum Gasteiger partial charge on any atom is 0.252 e. The van der Waals surface area contributed by atoms with Crippen molar-refractivity contribution in [3.05, 3.63) is 35.4 Å². The Balaban J connectivity index is 2.03. The first kappa shape index (κ1) is 16.5. The molecule has 4 nitrogen and oxygen atoms in total. The minimum absolute atomic E-state index is 0.0503. The summed E-state index contributed by atoms with van der Waals surface area (Å²) in [5.41, 5.74) is 1.54. The summed E-state index contributed by atoms with van der Waals surface area (Å²) in [4.78, 5) is 24.9. The molecule has 120 valence electrons. The lowest BCUT2D eigenvalue weighted by molar-refractivity contribution is -0.124. The Labute approximate surface area is 132 Å². The Morgan fingerprint density at radius 3 is 2.36 bits per heavy atom. The van der Waals surface area contributed by atoms with E-state index in [2.05, 4.69) is 10.6 Å².